The van der Waals surface area contributed by atoms with Gasteiger partial charge in [0.25, 0.3) is 0 Å². The molecule has 0 saturated heterocycles. The molecule has 1 aromatic carbocycles. The molecule has 1 N–H and O–H groups in total. The molecular formula is C15H21ClN2O2. The number of rotatable bonds is 6. The lowest BCUT2D eigenvalue weighted by Crippen LogP contribution is -2.36. The molecule has 0 aliphatic carbocycles. The number of amides is 2. The topological polar surface area (TPSA) is 49.4 Å². The van der Waals surface area contributed by atoms with Crippen LogP contribution in [-0.2, 0) is 9.59 Å². The standard InChI is InChI=1S/C15H21ClN2O2/c1-4-11(2)17-15(20)8-9-18(12(3)19)14-7-5-6-13(16)10-14/h5-7,10-11H,4,8-9H2,1-3H3,(H,17,20). The zero-order chi connectivity index (χ0) is 15.1. The van der Waals surface area contributed by atoms with Crippen LogP contribution in [0.15, 0.2) is 24.3 Å². The lowest BCUT2D eigenvalue weighted by atomic mass is 10.2. The average molecular weight is 297 g/mol. The van der Waals surface area contributed by atoms with Gasteiger partial charge in [-0.15, -0.1) is 0 Å². The molecule has 0 fully saturated rings. The molecule has 0 radical (unpaired) electrons. The summed E-state index contributed by atoms with van der Waals surface area (Å²) in [5.41, 5.74) is 0.710. The van der Waals surface area contributed by atoms with Crippen LogP contribution < -0.4 is 10.2 Å². The second-order valence-corrected chi connectivity index (χ2v) is 5.21. The van der Waals surface area contributed by atoms with Gasteiger partial charge in [-0.25, -0.2) is 0 Å². The molecule has 0 aromatic heterocycles. The van der Waals surface area contributed by atoms with Crippen molar-refractivity contribution in [2.24, 2.45) is 0 Å². The summed E-state index contributed by atoms with van der Waals surface area (Å²) in [6.07, 6.45) is 1.16. The maximum Gasteiger partial charge on any atom is 0.223 e. The quantitative estimate of drug-likeness (QED) is 0.877. The number of anilines is 1. The molecule has 20 heavy (non-hydrogen) atoms. The van der Waals surface area contributed by atoms with Crippen molar-refractivity contribution in [3.63, 3.8) is 0 Å². The van der Waals surface area contributed by atoms with Crippen molar-refractivity contribution in [1.82, 2.24) is 5.32 Å². The molecule has 0 saturated carbocycles. The summed E-state index contributed by atoms with van der Waals surface area (Å²) < 4.78 is 0. The third-order valence-corrected chi connectivity index (χ3v) is 3.32. The van der Waals surface area contributed by atoms with E-state index in [-0.39, 0.29) is 24.3 Å². The van der Waals surface area contributed by atoms with Gasteiger partial charge in [0, 0.05) is 36.6 Å². The largest absolute Gasteiger partial charge is 0.354 e. The molecule has 1 atom stereocenters. The molecule has 0 spiro atoms. The Labute approximate surface area is 125 Å². The first-order valence-corrected chi connectivity index (χ1v) is 7.14. The van der Waals surface area contributed by atoms with Crippen LogP contribution in [0.2, 0.25) is 5.02 Å². The molecule has 4 nitrogen and oxygen atoms in total. The first-order valence-electron chi connectivity index (χ1n) is 6.77. The Morgan fingerprint density at radius 2 is 2.10 bits per heavy atom. The summed E-state index contributed by atoms with van der Waals surface area (Å²) in [7, 11) is 0. The van der Waals surface area contributed by atoms with Crippen LogP contribution in [-0.4, -0.2) is 24.4 Å². The molecule has 5 heteroatoms. The lowest BCUT2D eigenvalue weighted by Gasteiger charge is -2.21. The van der Waals surface area contributed by atoms with Crippen LogP contribution in [0.1, 0.15) is 33.6 Å². The maximum atomic E-state index is 11.8. The van der Waals surface area contributed by atoms with Crippen molar-refractivity contribution in [3.05, 3.63) is 29.3 Å². The van der Waals surface area contributed by atoms with E-state index >= 15 is 0 Å². The fourth-order valence-corrected chi connectivity index (χ4v) is 1.96. The van der Waals surface area contributed by atoms with E-state index in [2.05, 4.69) is 5.32 Å². The number of hydrogen-bond acceptors (Lipinski definition) is 2. The van der Waals surface area contributed by atoms with Gasteiger partial charge in [-0.05, 0) is 31.5 Å². The summed E-state index contributed by atoms with van der Waals surface area (Å²) in [5.74, 6) is -0.156. The predicted octanol–water partition coefficient (Wildman–Crippen LogP) is 3.00. The Morgan fingerprint density at radius 1 is 1.40 bits per heavy atom. The SMILES string of the molecule is CCC(C)NC(=O)CCN(C(C)=O)c1cccc(Cl)c1. The highest BCUT2D eigenvalue weighted by molar-refractivity contribution is 6.30. The number of carbonyl (C=O) groups is 2. The number of nitrogens with zero attached hydrogens (tertiary/aromatic N) is 1. The minimum atomic E-state index is -0.108. The number of hydrogen-bond donors (Lipinski definition) is 1. The van der Waals surface area contributed by atoms with Crippen LogP contribution in [0.4, 0.5) is 5.69 Å². The Morgan fingerprint density at radius 3 is 2.65 bits per heavy atom. The molecule has 0 heterocycles. The van der Waals surface area contributed by atoms with Crippen LogP contribution in [0, 0.1) is 0 Å². The predicted molar refractivity (Wildman–Crippen MR) is 82.0 cm³/mol. The normalized spacial score (nSPS) is 11.8. The van der Waals surface area contributed by atoms with Crippen molar-refractivity contribution < 1.29 is 9.59 Å². The van der Waals surface area contributed by atoms with Gasteiger partial charge in [-0.1, -0.05) is 24.6 Å². The molecule has 2 amide bonds. The van der Waals surface area contributed by atoms with E-state index < -0.39 is 0 Å². The third kappa shape index (κ3) is 5.21. The molecule has 1 unspecified atom stereocenters. The maximum absolute atomic E-state index is 11.8. The van der Waals surface area contributed by atoms with Gasteiger partial charge in [0.05, 0.1) is 0 Å². The molecular weight excluding hydrogens is 276 g/mol. The second-order valence-electron chi connectivity index (χ2n) is 4.78. The highest BCUT2D eigenvalue weighted by Gasteiger charge is 2.14. The molecule has 0 aliphatic heterocycles. The smallest absolute Gasteiger partial charge is 0.223 e. The van der Waals surface area contributed by atoms with Gasteiger partial charge in [-0.2, -0.15) is 0 Å². The minimum absolute atomic E-state index is 0.0485. The van der Waals surface area contributed by atoms with E-state index in [1.165, 1.54) is 6.92 Å². The summed E-state index contributed by atoms with van der Waals surface area (Å²) in [4.78, 5) is 25.0. The fourth-order valence-electron chi connectivity index (χ4n) is 1.77. The van der Waals surface area contributed by atoms with Crippen molar-refractivity contribution in [3.8, 4) is 0 Å². The van der Waals surface area contributed by atoms with Gasteiger partial charge in [0.15, 0.2) is 0 Å². The molecule has 110 valence electrons. The van der Waals surface area contributed by atoms with E-state index in [0.717, 1.165) is 6.42 Å². The minimum Gasteiger partial charge on any atom is -0.354 e. The zero-order valence-corrected chi connectivity index (χ0v) is 12.9. The Kier molecular flexibility index (Phi) is 6.52. The Bertz CT molecular complexity index is 477. The van der Waals surface area contributed by atoms with Gasteiger partial charge < -0.3 is 10.2 Å². The highest BCUT2D eigenvalue weighted by Crippen LogP contribution is 2.19. The van der Waals surface area contributed by atoms with E-state index in [9.17, 15) is 9.59 Å². The zero-order valence-electron chi connectivity index (χ0n) is 12.1. The van der Waals surface area contributed by atoms with Crippen LogP contribution >= 0.6 is 11.6 Å². The number of nitrogens with one attached hydrogen (secondary N) is 1. The second kappa shape index (κ2) is 7.90. The Hall–Kier alpha value is -1.55. The number of carbonyl (C=O) groups excluding carboxylic acids is 2. The van der Waals surface area contributed by atoms with E-state index in [0.29, 0.717) is 17.3 Å². The third-order valence-electron chi connectivity index (χ3n) is 3.08. The van der Waals surface area contributed by atoms with Gasteiger partial charge in [0.2, 0.25) is 11.8 Å². The Balaban J connectivity index is 2.65. The summed E-state index contributed by atoms with van der Waals surface area (Å²) in [6.45, 7) is 5.79. The summed E-state index contributed by atoms with van der Waals surface area (Å²) >= 11 is 5.93. The lowest BCUT2D eigenvalue weighted by molar-refractivity contribution is -0.121. The molecule has 1 aromatic rings. The molecule has 0 aliphatic rings. The summed E-state index contributed by atoms with van der Waals surface area (Å²) in [5, 5.41) is 3.45. The van der Waals surface area contributed by atoms with Gasteiger partial charge in [0.1, 0.15) is 0 Å². The van der Waals surface area contributed by atoms with Crippen molar-refractivity contribution in [2.45, 2.75) is 39.7 Å². The van der Waals surface area contributed by atoms with E-state index in [4.69, 9.17) is 11.6 Å². The fraction of sp³-hybridized carbons (Fsp3) is 0.467. The number of halogens is 1. The molecule has 0 bridgehead atoms. The van der Waals surface area contributed by atoms with Crippen molar-refractivity contribution in [2.75, 3.05) is 11.4 Å². The average Bonchev–Trinajstić information content (AvgIpc) is 2.38. The van der Waals surface area contributed by atoms with Gasteiger partial charge in [-0.3, -0.25) is 9.59 Å². The van der Waals surface area contributed by atoms with E-state index in [1.54, 1.807) is 29.2 Å². The monoisotopic (exact) mass is 296 g/mol. The van der Waals surface area contributed by atoms with Crippen molar-refractivity contribution in [1.29, 1.82) is 0 Å². The van der Waals surface area contributed by atoms with E-state index in [1.807, 2.05) is 13.8 Å². The van der Waals surface area contributed by atoms with Crippen molar-refractivity contribution >= 4 is 29.1 Å². The van der Waals surface area contributed by atoms with Crippen LogP contribution in [0.5, 0.6) is 0 Å². The van der Waals surface area contributed by atoms with Crippen LogP contribution in [0.25, 0.3) is 0 Å². The molecule has 1 rings (SSSR count). The first kappa shape index (κ1) is 16.5. The first-order chi connectivity index (χ1) is 9.43. The van der Waals surface area contributed by atoms with Crippen LogP contribution in [0.3, 0.4) is 0 Å². The highest BCUT2D eigenvalue weighted by atomic mass is 35.5. The summed E-state index contributed by atoms with van der Waals surface area (Å²) in [6, 6.07) is 7.21. The number of benzene rings is 1. The van der Waals surface area contributed by atoms with Gasteiger partial charge >= 0.3 is 0 Å².